The maximum absolute atomic E-state index is 12.8. The van der Waals surface area contributed by atoms with Crippen molar-refractivity contribution in [2.24, 2.45) is 0 Å². The number of anilines is 2. The Hall–Kier alpha value is -2.90. The molecule has 124 valence electrons. The number of aryl methyl sites for hydroxylation is 2. The first-order valence-electron chi connectivity index (χ1n) is 7.13. The number of nitrogens with zero attached hydrogens (tertiary/aromatic N) is 4. The molecule has 3 aromatic rings. The molecule has 0 saturated carbocycles. The Balaban J connectivity index is 1.89. The predicted octanol–water partition coefficient (Wildman–Crippen LogP) is 4.04. The zero-order valence-electron chi connectivity index (χ0n) is 13.0. The molecule has 0 bridgehead atoms. The summed E-state index contributed by atoms with van der Waals surface area (Å²) in [5, 5.41) is 7.19. The average Bonchev–Trinajstić information content (AvgIpc) is 2.86. The SMILES string of the molecule is Cc1cc(C)n(-c2cc(Nc3cccc(C(F)(F)F)c3)ncn2)n1. The smallest absolute Gasteiger partial charge is 0.340 e. The first-order valence-corrected chi connectivity index (χ1v) is 7.13. The number of hydrogen-bond donors (Lipinski definition) is 1. The molecule has 2 aromatic heterocycles. The maximum atomic E-state index is 12.8. The molecule has 2 heterocycles. The Kier molecular flexibility index (Phi) is 3.96. The lowest BCUT2D eigenvalue weighted by Crippen LogP contribution is -2.06. The molecule has 1 aromatic carbocycles. The third kappa shape index (κ3) is 3.37. The van der Waals surface area contributed by atoms with E-state index in [-0.39, 0.29) is 0 Å². The van der Waals surface area contributed by atoms with E-state index in [9.17, 15) is 13.2 Å². The molecule has 5 nitrogen and oxygen atoms in total. The molecular formula is C16H14F3N5. The van der Waals surface area contributed by atoms with Gasteiger partial charge in [-0.05, 0) is 38.1 Å². The van der Waals surface area contributed by atoms with E-state index in [0.29, 0.717) is 17.3 Å². The third-order valence-electron chi connectivity index (χ3n) is 3.34. The van der Waals surface area contributed by atoms with Gasteiger partial charge in [0.15, 0.2) is 5.82 Å². The quantitative estimate of drug-likeness (QED) is 0.786. The number of alkyl halides is 3. The number of hydrogen-bond acceptors (Lipinski definition) is 4. The molecule has 0 fully saturated rings. The van der Waals surface area contributed by atoms with Crippen molar-refractivity contribution in [2.75, 3.05) is 5.32 Å². The summed E-state index contributed by atoms with van der Waals surface area (Å²) in [6.45, 7) is 3.76. The fourth-order valence-electron chi connectivity index (χ4n) is 2.31. The Morgan fingerprint density at radius 3 is 2.50 bits per heavy atom. The molecular weight excluding hydrogens is 319 g/mol. The van der Waals surface area contributed by atoms with Gasteiger partial charge in [-0.15, -0.1) is 0 Å². The van der Waals surface area contributed by atoms with E-state index in [1.807, 2.05) is 19.9 Å². The fourth-order valence-corrected chi connectivity index (χ4v) is 2.31. The molecule has 0 aliphatic rings. The number of aromatic nitrogens is 4. The normalized spacial score (nSPS) is 11.5. The second kappa shape index (κ2) is 5.95. The summed E-state index contributed by atoms with van der Waals surface area (Å²) >= 11 is 0. The molecule has 0 atom stereocenters. The van der Waals surface area contributed by atoms with E-state index >= 15 is 0 Å². The minimum atomic E-state index is -4.39. The zero-order chi connectivity index (χ0) is 17.3. The van der Waals surface area contributed by atoms with Crippen LogP contribution in [0.1, 0.15) is 17.0 Å². The van der Waals surface area contributed by atoms with Gasteiger partial charge in [-0.2, -0.15) is 18.3 Å². The van der Waals surface area contributed by atoms with Gasteiger partial charge in [-0.3, -0.25) is 0 Å². The van der Waals surface area contributed by atoms with E-state index in [1.54, 1.807) is 16.8 Å². The van der Waals surface area contributed by atoms with Gasteiger partial charge in [0.2, 0.25) is 0 Å². The second-order valence-corrected chi connectivity index (χ2v) is 5.30. The van der Waals surface area contributed by atoms with E-state index in [1.165, 1.54) is 12.4 Å². The lowest BCUT2D eigenvalue weighted by Gasteiger charge is -2.11. The molecule has 0 unspecified atom stereocenters. The van der Waals surface area contributed by atoms with Gasteiger partial charge in [-0.25, -0.2) is 14.6 Å². The number of rotatable bonds is 3. The highest BCUT2D eigenvalue weighted by molar-refractivity contribution is 5.58. The van der Waals surface area contributed by atoms with Crippen molar-refractivity contribution in [1.29, 1.82) is 0 Å². The van der Waals surface area contributed by atoms with Crippen LogP contribution in [0.25, 0.3) is 5.82 Å². The highest BCUT2D eigenvalue weighted by Gasteiger charge is 2.30. The van der Waals surface area contributed by atoms with Crippen molar-refractivity contribution in [3.63, 3.8) is 0 Å². The van der Waals surface area contributed by atoms with Gasteiger partial charge in [-0.1, -0.05) is 6.07 Å². The molecule has 24 heavy (non-hydrogen) atoms. The van der Waals surface area contributed by atoms with Crippen LogP contribution in [0.15, 0.2) is 42.7 Å². The summed E-state index contributed by atoms with van der Waals surface area (Å²) in [5.74, 6) is 0.914. The van der Waals surface area contributed by atoms with Gasteiger partial charge in [0.05, 0.1) is 11.3 Å². The zero-order valence-corrected chi connectivity index (χ0v) is 13.0. The summed E-state index contributed by atoms with van der Waals surface area (Å²) in [6, 6.07) is 8.47. The standard InChI is InChI=1S/C16H14F3N5/c1-10-6-11(2)24(23-10)15-8-14(20-9-21-15)22-13-5-3-4-12(7-13)16(17,18)19/h3-9H,1-2H3,(H,20,21,22). The number of benzene rings is 1. The number of nitrogens with one attached hydrogen (secondary N) is 1. The largest absolute Gasteiger partial charge is 0.416 e. The van der Waals surface area contributed by atoms with Crippen LogP contribution in [-0.4, -0.2) is 19.7 Å². The minimum Gasteiger partial charge on any atom is -0.340 e. The van der Waals surface area contributed by atoms with Crippen LogP contribution >= 0.6 is 0 Å². The van der Waals surface area contributed by atoms with Crippen molar-refractivity contribution >= 4 is 11.5 Å². The second-order valence-electron chi connectivity index (χ2n) is 5.30. The first kappa shape index (κ1) is 16.0. The summed E-state index contributed by atoms with van der Waals surface area (Å²) in [5.41, 5.74) is 1.32. The molecule has 0 radical (unpaired) electrons. The molecule has 0 saturated heterocycles. The van der Waals surface area contributed by atoms with Crippen molar-refractivity contribution in [3.05, 3.63) is 59.7 Å². The average molecular weight is 333 g/mol. The molecule has 0 amide bonds. The predicted molar refractivity (Wildman–Crippen MR) is 83.4 cm³/mol. The topological polar surface area (TPSA) is 55.6 Å². The Bertz CT molecular complexity index is 870. The van der Waals surface area contributed by atoms with Crippen LogP contribution in [0.5, 0.6) is 0 Å². The lowest BCUT2D eigenvalue weighted by molar-refractivity contribution is -0.137. The lowest BCUT2D eigenvalue weighted by atomic mass is 10.2. The molecule has 8 heteroatoms. The van der Waals surface area contributed by atoms with E-state index in [4.69, 9.17) is 0 Å². The van der Waals surface area contributed by atoms with Gasteiger partial charge in [0.1, 0.15) is 12.1 Å². The Morgan fingerprint density at radius 1 is 1.04 bits per heavy atom. The minimum absolute atomic E-state index is 0.294. The van der Waals surface area contributed by atoms with Crippen LogP contribution in [-0.2, 0) is 6.18 Å². The summed E-state index contributed by atoms with van der Waals surface area (Å²) in [6.07, 6.45) is -3.06. The molecule has 1 N–H and O–H groups in total. The van der Waals surface area contributed by atoms with E-state index in [2.05, 4.69) is 20.4 Å². The van der Waals surface area contributed by atoms with E-state index in [0.717, 1.165) is 23.5 Å². The molecule has 0 aliphatic carbocycles. The van der Waals surface area contributed by atoms with Crippen LogP contribution < -0.4 is 5.32 Å². The summed E-state index contributed by atoms with van der Waals surface area (Å²) in [4.78, 5) is 8.20. The third-order valence-corrected chi connectivity index (χ3v) is 3.34. The van der Waals surface area contributed by atoms with Crippen molar-refractivity contribution in [2.45, 2.75) is 20.0 Å². The van der Waals surface area contributed by atoms with Gasteiger partial charge in [0.25, 0.3) is 0 Å². The molecule has 0 spiro atoms. The monoisotopic (exact) mass is 333 g/mol. The van der Waals surface area contributed by atoms with Gasteiger partial charge >= 0.3 is 6.18 Å². The van der Waals surface area contributed by atoms with Crippen LogP contribution in [0.2, 0.25) is 0 Å². The summed E-state index contributed by atoms with van der Waals surface area (Å²) in [7, 11) is 0. The van der Waals surface area contributed by atoms with Crippen molar-refractivity contribution in [1.82, 2.24) is 19.7 Å². The van der Waals surface area contributed by atoms with Crippen LogP contribution in [0.3, 0.4) is 0 Å². The van der Waals surface area contributed by atoms with Crippen LogP contribution in [0, 0.1) is 13.8 Å². The summed E-state index contributed by atoms with van der Waals surface area (Å²) < 4.78 is 40.0. The highest BCUT2D eigenvalue weighted by atomic mass is 19.4. The fraction of sp³-hybridized carbons (Fsp3) is 0.188. The van der Waals surface area contributed by atoms with Gasteiger partial charge < -0.3 is 5.32 Å². The van der Waals surface area contributed by atoms with E-state index < -0.39 is 11.7 Å². The maximum Gasteiger partial charge on any atom is 0.416 e. The van der Waals surface area contributed by atoms with Crippen LogP contribution in [0.4, 0.5) is 24.7 Å². The first-order chi connectivity index (χ1) is 11.3. The van der Waals surface area contributed by atoms with Gasteiger partial charge in [0, 0.05) is 17.4 Å². The van der Waals surface area contributed by atoms with Crippen molar-refractivity contribution < 1.29 is 13.2 Å². The van der Waals surface area contributed by atoms with Crippen molar-refractivity contribution in [3.8, 4) is 5.82 Å². The molecule has 3 rings (SSSR count). The number of halogens is 3. The Morgan fingerprint density at radius 2 is 1.83 bits per heavy atom. The Labute approximate surface area is 136 Å². The highest BCUT2D eigenvalue weighted by Crippen LogP contribution is 2.31. The molecule has 0 aliphatic heterocycles.